The molecule has 0 aromatic heterocycles. The van der Waals surface area contributed by atoms with E-state index < -0.39 is 0 Å². The first kappa shape index (κ1) is 14.8. The predicted octanol–water partition coefficient (Wildman–Crippen LogP) is 1.85. The van der Waals surface area contributed by atoms with Crippen LogP contribution in [0.15, 0.2) is 0 Å². The molecule has 2 fully saturated rings. The molecule has 2 rings (SSSR count). The van der Waals surface area contributed by atoms with Crippen LogP contribution < -0.4 is 5.32 Å². The van der Waals surface area contributed by atoms with Crippen LogP contribution in [0.5, 0.6) is 0 Å². The van der Waals surface area contributed by atoms with Gasteiger partial charge in [-0.15, -0.1) is 0 Å². The highest BCUT2D eigenvalue weighted by Crippen LogP contribution is 2.24. The molecule has 2 aliphatic heterocycles. The van der Waals surface area contributed by atoms with Crippen LogP contribution in [-0.2, 0) is 9.53 Å². The largest absolute Gasteiger partial charge is 0.381 e. The van der Waals surface area contributed by atoms with Crippen molar-refractivity contribution in [2.24, 2.45) is 17.8 Å². The summed E-state index contributed by atoms with van der Waals surface area (Å²) in [6.45, 7) is 11.2. The van der Waals surface area contributed by atoms with Gasteiger partial charge >= 0.3 is 0 Å². The molecular formula is C15H28N2O2. The second kappa shape index (κ2) is 6.23. The molecule has 19 heavy (non-hydrogen) atoms. The predicted molar refractivity (Wildman–Crippen MR) is 75.6 cm³/mol. The van der Waals surface area contributed by atoms with Crippen LogP contribution in [0.3, 0.4) is 0 Å². The van der Waals surface area contributed by atoms with Crippen molar-refractivity contribution in [1.82, 2.24) is 10.2 Å². The monoisotopic (exact) mass is 268 g/mol. The summed E-state index contributed by atoms with van der Waals surface area (Å²) in [7, 11) is 0. The Morgan fingerprint density at radius 1 is 1.32 bits per heavy atom. The summed E-state index contributed by atoms with van der Waals surface area (Å²) in [5.41, 5.74) is 0. The number of ether oxygens (including phenoxy) is 1. The summed E-state index contributed by atoms with van der Waals surface area (Å²) < 4.78 is 5.41. The zero-order chi connectivity index (χ0) is 14.0. The van der Waals surface area contributed by atoms with E-state index >= 15 is 0 Å². The Kier molecular flexibility index (Phi) is 4.85. The Balaban J connectivity index is 1.96. The molecule has 0 radical (unpaired) electrons. The van der Waals surface area contributed by atoms with Crippen LogP contribution in [0, 0.1) is 17.8 Å². The second-order valence-electron chi connectivity index (χ2n) is 6.63. The fourth-order valence-corrected chi connectivity index (χ4v) is 3.07. The maximum Gasteiger partial charge on any atom is 0.241 e. The van der Waals surface area contributed by atoms with Crippen LogP contribution >= 0.6 is 0 Å². The summed E-state index contributed by atoms with van der Waals surface area (Å²) in [5, 5.41) is 3.51. The highest BCUT2D eigenvalue weighted by atomic mass is 16.5. The Bertz CT molecular complexity index is 311. The molecule has 0 aliphatic carbocycles. The highest BCUT2D eigenvalue weighted by molar-refractivity contribution is 5.84. The van der Waals surface area contributed by atoms with Crippen LogP contribution in [-0.4, -0.2) is 42.8 Å². The van der Waals surface area contributed by atoms with E-state index in [2.05, 4.69) is 37.9 Å². The lowest BCUT2D eigenvalue weighted by molar-refractivity contribution is -0.131. The van der Waals surface area contributed by atoms with Crippen molar-refractivity contribution in [2.45, 2.75) is 52.7 Å². The van der Waals surface area contributed by atoms with Gasteiger partial charge in [0.25, 0.3) is 0 Å². The minimum Gasteiger partial charge on any atom is -0.381 e. The van der Waals surface area contributed by atoms with Crippen LogP contribution in [0.2, 0.25) is 0 Å². The Hall–Kier alpha value is -0.610. The van der Waals surface area contributed by atoms with E-state index in [1.54, 1.807) is 0 Å². The van der Waals surface area contributed by atoms with Gasteiger partial charge in [0.15, 0.2) is 0 Å². The Labute approximate surface area is 116 Å². The number of nitrogens with zero attached hydrogens (tertiary/aromatic N) is 1. The molecule has 0 spiro atoms. The lowest BCUT2D eigenvalue weighted by atomic mass is 10.0. The summed E-state index contributed by atoms with van der Waals surface area (Å²) in [6.07, 6.45) is 2.42. The van der Waals surface area contributed by atoms with Gasteiger partial charge in [-0.2, -0.15) is 0 Å². The second-order valence-corrected chi connectivity index (χ2v) is 6.63. The topological polar surface area (TPSA) is 41.6 Å². The standard InChI is InChI=1S/C15H28N2O2/c1-10(2)13-15(18)17(14(16-13)11(3)4)7-5-12-6-8-19-9-12/h10-14,16H,5-9H2,1-4H3. The number of hydrogen-bond acceptors (Lipinski definition) is 3. The van der Waals surface area contributed by atoms with Gasteiger partial charge in [0.05, 0.1) is 12.2 Å². The molecule has 4 nitrogen and oxygen atoms in total. The van der Waals surface area contributed by atoms with Crippen molar-refractivity contribution in [2.75, 3.05) is 19.8 Å². The molecule has 0 aromatic rings. The first-order valence-electron chi connectivity index (χ1n) is 7.65. The molecular weight excluding hydrogens is 240 g/mol. The molecule has 2 aliphatic rings. The average Bonchev–Trinajstić information content (AvgIpc) is 2.94. The fourth-order valence-electron chi connectivity index (χ4n) is 3.07. The maximum atomic E-state index is 12.5. The molecule has 1 amide bonds. The van der Waals surface area contributed by atoms with Gasteiger partial charge in [-0.1, -0.05) is 27.7 Å². The third kappa shape index (κ3) is 3.29. The van der Waals surface area contributed by atoms with E-state index in [1.807, 2.05) is 0 Å². The van der Waals surface area contributed by atoms with Crippen molar-refractivity contribution in [3.05, 3.63) is 0 Å². The summed E-state index contributed by atoms with van der Waals surface area (Å²) in [5.74, 6) is 1.73. The summed E-state index contributed by atoms with van der Waals surface area (Å²) >= 11 is 0. The molecule has 0 saturated carbocycles. The molecule has 4 heteroatoms. The molecule has 1 N–H and O–H groups in total. The highest BCUT2D eigenvalue weighted by Gasteiger charge is 2.41. The molecule has 3 atom stereocenters. The van der Waals surface area contributed by atoms with Crippen molar-refractivity contribution < 1.29 is 9.53 Å². The van der Waals surface area contributed by atoms with Crippen LogP contribution in [0.25, 0.3) is 0 Å². The number of rotatable bonds is 5. The summed E-state index contributed by atoms with van der Waals surface area (Å²) in [4.78, 5) is 14.6. The number of carbonyl (C=O) groups excluding carboxylic acids is 1. The Morgan fingerprint density at radius 3 is 2.58 bits per heavy atom. The van der Waals surface area contributed by atoms with Crippen molar-refractivity contribution >= 4 is 5.91 Å². The fraction of sp³-hybridized carbons (Fsp3) is 0.933. The molecule has 3 unspecified atom stereocenters. The van der Waals surface area contributed by atoms with Gasteiger partial charge in [-0.25, -0.2) is 0 Å². The van der Waals surface area contributed by atoms with Gasteiger partial charge in [-0.05, 0) is 30.6 Å². The van der Waals surface area contributed by atoms with Crippen molar-refractivity contribution in [1.29, 1.82) is 0 Å². The summed E-state index contributed by atoms with van der Waals surface area (Å²) in [6, 6.07) is -0.00720. The van der Waals surface area contributed by atoms with E-state index in [1.165, 1.54) is 0 Å². The van der Waals surface area contributed by atoms with Gasteiger partial charge < -0.3 is 9.64 Å². The number of nitrogens with one attached hydrogen (secondary N) is 1. The number of amides is 1. The average molecular weight is 268 g/mol. The van der Waals surface area contributed by atoms with E-state index in [-0.39, 0.29) is 18.1 Å². The van der Waals surface area contributed by atoms with Gasteiger partial charge in [0.2, 0.25) is 5.91 Å². The smallest absolute Gasteiger partial charge is 0.241 e. The van der Waals surface area contributed by atoms with Crippen molar-refractivity contribution in [3.8, 4) is 0 Å². The number of carbonyl (C=O) groups is 1. The zero-order valence-corrected chi connectivity index (χ0v) is 12.7. The minimum atomic E-state index is -0.00720. The molecule has 2 heterocycles. The minimum absolute atomic E-state index is 0.00720. The molecule has 2 saturated heterocycles. The molecule has 0 bridgehead atoms. The lowest BCUT2D eigenvalue weighted by Crippen LogP contribution is -2.42. The van der Waals surface area contributed by atoms with Gasteiger partial charge in [0, 0.05) is 19.8 Å². The third-order valence-electron chi connectivity index (χ3n) is 4.34. The molecule has 110 valence electrons. The van der Waals surface area contributed by atoms with E-state index in [4.69, 9.17) is 4.74 Å². The van der Waals surface area contributed by atoms with E-state index in [0.717, 1.165) is 32.6 Å². The third-order valence-corrected chi connectivity index (χ3v) is 4.34. The van der Waals surface area contributed by atoms with Gasteiger partial charge in [0.1, 0.15) is 0 Å². The SMILES string of the molecule is CC(C)C1NC(C(C)C)N(CCC2CCOC2)C1=O. The Morgan fingerprint density at radius 2 is 2.05 bits per heavy atom. The van der Waals surface area contributed by atoms with E-state index in [9.17, 15) is 4.79 Å². The molecule has 0 aromatic carbocycles. The first-order valence-corrected chi connectivity index (χ1v) is 7.65. The van der Waals surface area contributed by atoms with Crippen LogP contribution in [0.1, 0.15) is 40.5 Å². The van der Waals surface area contributed by atoms with Crippen molar-refractivity contribution in [3.63, 3.8) is 0 Å². The first-order chi connectivity index (χ1) is 9.00. The number of hydrogen-bond donors (Lipinski definition) is 1. The zero-order valence-electron chi connectivity index (χ0n) is 12.7. The quantitative estimate of drug-likeness (QED) is 0.827. The van der Waals surface area contributed by atoms with Crippen LogP contribution in [0.4, 0.5) is 0 Å². The van der Waals surface area contributed by atoms with E-state index in [0.29, 0.717) is 17.8 Å². The lowest BCUT2D eigenvalue weighted by Gasteiger charge is -2.28. The van der Waals surface area contributed by atoms with Gasteiger partial charge in [-0.3, -0.25) is 10.1 Å². The maximum absolute atomic E-state index is 12.5. The normalized spacial score (nSPS) is 32.0.